The molecule has 3 heterocycles. The van der Waals surface area contributed by atoms with Crippen LogP contribution in [0, 0.1) is 6.92 Å². The van der Waals surface area contributed by atoms with Gasteiger partial charge in [-0.25, -0.2) is 0 Å². The van der Waals surface area contributed by atoms with Gasteiger partial charge < -0.3 is 14.2 Å². The van der Waals surface area contributed by atoms with E-state index in [0.29, 0.717) is 30.3 Å². The number of carbonyl (C=O) groups excluding carboxylic acids is 1. The lowest BCUT2D eigenvalue weighted by Gasteiger charge is -2.31. The molecule has 0 spiro atoms. The largest absolute Gasteiger partial charge is 0.478 e. The molecule has 1 atom stereocenters. The smallest absolute Gasteiger partial charge is 0.231 e. The highest BCUT2D eigenvalue weighted by Gasteiger charge is 2.34. The second-order valence-corrected chi connectivity index (χ2v) is 7.69. The summed E-state index contributed by atoms with van der Waals surface area (Å²) in [4.78, 5) is 15.1. The van der Waals surface area contributed by atoms with Crippen LogP contribution in [0.5, 0.6) is 11.5 Å². The van der Waals surface area contributed by atoms with Gasteiger partial charge in [-0.1, -0.05) is 29.8 Å². The number of ether oxygens (including phenoxy) is 3. The Morgan fingerprint density at radius 2 is 2.18 bits per heavy atom. The van der Waals surface area contributed by atoms with Crippen LogP contribution >= 0.6 is 0 Å². The van der Waals surface area contributed by atoms with Crippen molar-refractivity contribution in [2.24, 2.45) is 0 Å². The van der Waals surface area contributed by atoms with E-state index in [1.165, 1.54) is 0 Å². The van der Waals surface area contributed by atoms with E-state index in [4.69, 9.17) is 14.2 Å². The van der Waals surface area contributed by atoms with E-state index in [-0.39, 0.29) is 11.9 Å². The molecule has 3 aliphatic rings. The summed E-state index contributed by atoms with van der Waals surface area (Å²) in [6.07, 6.45) is 4.29. The first-order valence-corrected chi connectivity index (χ1v) is 9.81. The summed E-state index contributed by atoms with van der Waals surface area (Å²) < 4.78 is 17.7. The molecule has 2 aromatic rings. The Hall–Kier alpha value is -2.63. The average Bonchev–Trinajstić information content (AvgIpc) is 3.31. The van der Waals surface area contributed by atoms with E-state index in [0.717, 1.165) is 48.4 Å². The first-order valence-electron chi connectivity index (χ1n) is 9.81. The number of hydrogen-bond acceptors (Lipinski definition) is 5. The fraction of sp³-hybridized carbons (Fsp3) is 0.348. The zero-order valence-corrected chi connectivity index (χ0v) is 15.9. The predicted molar refractivity (Wildman–Crippen MR) is 105 cm³/mol. The predicted octanol–water partition coefficient (Wildman–Crippen LogP) is 3.94. The second kappa shape index (κ2) is 7.08. The van der Waals surface area contributed by atoms with Crippen LogP contribution in [0.3, 0.4) is 0 Å². The second-order valence-electron chi connectivity index (χ2n) is 7.69. The molecular weight excluding hydrogens is 354 g/mol. The highest BCUT2D eigenvalue weighted by Crippen LogP contribution is 2.42. The maximum Gasteiger partial charge on any atom is 0.231 e. The number of Topliss-reactive ketones (excluding diaryl/α,β-unsaturated/α-hetero) is 1. The van der Waals surface area contributed by atoms with Crippen LogP contribution < -0.4 is 9.47 Å². The number of fused-ring (bicyclic) bond motifs is 3. The number of rotatable bonds is 3. The number of ketones is 1. The molecule has 144 valence electrons. The van der Waals surface area contributed by atoms with Crippen LogP contribution in [0.4, 0.5) is 0 Å². The monoisotopic (exact) mass is 377 g/mol. The summed E-state index contributed by atoms with van der Waals surface area (Å²) in [5.41, 5.74) is 3.66. The molecule has 0 bridgehead atoms. The van der Waals surface area contributed by atoms with Gasteiger partial charge in [-0.15, -0.1) is 0 Å². The van der Waals surface area contributed by atoms with E-state index in [1.807, 2.05) is 49.4 Å². The van der Waals surface area contributed by atoms with Crippen molar-refractivity contribution in [1.29, 1.82) is 0 Å². The minimum atomic E-state index is -0.0736. The van der Waals surface area contributed by atoms with Gasteiger partial charge in [0.1, 0.15) is 18.2 Å². The van der Waals surface area contributed by atoms with Gasteiger partial charge in [-0.3, -0.25) is 9.69 Å². The zero-order valence-electron chi connectivity index (χ0n) is 15.9. The normalized spacial score (nSPS) is 22.7. The highest BCUT2D eigenvalue weighted by molar-refractivity contribution is 6.15. The third kappa shape index (κ3) is 3.21. The summed E-state index contributed by atoms with van der Waals surface area (Å²) in [5, 5.41) is 0. The zero-order chi connectivity index (χ0) is 19.1. The van der Waals surface area contributed by atoms with E-state index < -0.39 is 0 Å². The molecule has 0 saturated carbocycles. The van der Waals surface area contributed by atoms with Crippen molar-refractivity contribution in [3.63, 3.8) is 0 Å². The fourth-order valence-corrected chi connectivity index (χ4v) is 4.11. The third-order valence-corrected chi connectivity index (χ3v) is 5.51. The van der Waals surface area contributed by atoms with Gasteiger partial charge in [0, 0.05) is 19.7 Å². The van der Waals surface area contributed by atoms with Gasteiger partial charge in [-0.05, 0) is 43.5 Å². The van der Waals surface area contributed by atoms with Crippen LogP contribution in [-0.2, 0) is 11.3 Å². The Morgan fingerprint density at radius 3 is 3.00 bits per heavy atom. The quantitative estimate of drug-likeness (QED) is 0.758. The Bertz CT molecular complexity index is 959. The summed E-state index contributed by atoms with van der Waals surface area (Å²) in [7, 11) is 0. The van der Waals surface area contributed by atoms with Gasteiger partial charge in [0.2, 0.25) is 5.78 Å². The van der Waals surface area contributed by atoms with Crippen molar-refractivity contribution in [2.45, 2.75) is 32.4 Å². The number of hydrogen-bond donors (Lipinski definition) is 0. The molecule has 0 aliphatic carbocycles. The Kier molecular flexibility index (Phi) is 4.41. The summed E-state index contributed by atoms with van der Waals surface area (Å²) >= 11 is 0. The molecule has 0 N–H and O–H groups in total. The first kappa shape index (κ1) is 17.5. The van der Waals surface area contributed by atoms with Crippen LogP contribution in [0.25, 0.3) is 6.08 Å². The maximum absolute atomic E-state index is 12.9. The van der Waals surface area contributed by atoms with Crippen LogP contribution in [-0.4, -0.2) is 36.7 Å². The molecule has 0 amide bonds. The first-order chi connectivity index (χ1) is 13.7. The standard InChI is InChI=1S/C23H23NO4/c1-15-4-2-5-16(10-15)11-21-22(25)18-7-8-20-19(23(18)28-21)13-24(14-27-20)12-17-6-3-9-26-17/h2,4-5,7-8,10-11,17H,3,6,9,12-14H2,1H3/b21-11-. The lowest BCUT2D eigenvalue weighted by molar-refractivity contribution is 0.0274. The summed E-state index contributed by atoms with van der Waals surface area (Å²) in [5.74, 6) is 1.73. The van der Waals surface area contributed by atoms with E-state index in [1.54, 1.807) is 0 Å². The lowest BCUT2D eigenvalue weighted by atomic mass is 10.0. The molecule has 1 unspecified atom stereocenters. The van der Waals surface area contributed by atoms with Crippen molar-refractivity contribution >= 4 is 11.9 Å². The Balaban J connectivity index is 1.42. The molecule has 5 nitrogen and oxygen atoms in total. The van der Waals surface area contributed by atoms with Crippen molar-refractivity contribution < 1.29 is 19.0 Å². The van der Waals surface area contributed by atoms with Gasteiger partial charge in [0.15, 0.2) is 5.76 Å². The van der Waals surface area contributed by atoms with Crippen molar-refractivity contribution in [3.05, 3.63) is 64.4 Å². The third-order valence-electron chi connectivity index (χ3n) is 5.51. The molecule has 1 fully saturated rings. The molecule has 28 heavy (non-hydrogen) atoms. The number of nitrogens with zero attached hydrogens (tertiary/aromatic N) is 1. The van der Waals surface area contributed by atoms with E-state index in [2.05, 4.69) is 4.90 Å². The molecular formula is C23H23NO4. The number of benzene rings is 2. The SMILES string of the molecule is Cc1cccc(/C=C2\Oc3c(ccc4c3CN(CC3CCCO3)CO4)C2=O)c1. The topological polar surface area (TPSA) is 48.0 Å². The molecule has 2 aromatic carbocycles. The highest BCUT2D eigenvalue weighted by atomic mass is 16.5. The van der Waals surface area contributed by atoms with Gasteiger partial charge >= 0.3 is 0 Å². The number of aryl methyl sites for hydroxylation is 1. The molecule has 5 heteroatoms. The van der Waals surface area contributed by atoms with Crippen molar-refractivity contribution in [3.8, 4) is 11.5 Å². The minimum Gasteiger partial charge on any atom is -0.478 e. The molecule has 3 aliphatic heterocycles. The van der Waals surface area contributed by atoms with Crippen molar-refractivity contribution in [2.75, 3.05) is 19.9 Å². The summed E-state index contributed by atoms with van der Waals surface area (Å²) in [6, 6.07) is 11.7. The van der Waals surface area contributed by atoms with Gasteiger partial charge in [-0.2, -0.15) is 0 Å². The molecule has 5 rings (SSSR count). The van der Waals surface area contributed by atoms with Crippen LogP contribution in [0.2, 0.25) is 0 Å². The van der Waals surface area contributed by atoms with Gasteiger partial charge in [0.05, 0.1) is 17.2 Å². The number of carbonyl (C=O) groups is 1. The van der Waals surface area contributed by atoms with Crippen LogP contribution in [0.15, 0.2) is 42.2 Å². The van der Waals surface area contributed by atoms with E-state index in [9.17, 15) is 4.79 Å². The van der Waals surface area contributed by atoms with Gasteiger partial charge in [0.25, 0.3) is 0 Å². The van der Waals surface area contributed by atoms with E-state index >= 15 is 0 Å². The van der Waals surface area contributed by atoms with Crippen molar-refractivity contribution in [1.82, 2.24) is 4.90 Å². The summed E-state index contributed by atoms with van der Waals surface area (Å²) in [6.45, 7) is 4.94. The molecule has 1 saturated heterocycles. The molecule has 0 radical (unpaired) electrons. The minimum absolute atomic E-state index is 0.0736. The number of allylic oxidation sites excluding steroid dienone is 1. The van der Waals surface area contributed by atoms with Crippen LogP contribution in [0.1, 0.15) is 39.9 Å². The Labute approximate surface area is 164 Å². The average molecular weight is 377 g/mol. The fourth-order valence-electron chi connectivity index (χ4n) is 4.11. The Morgan fingerprint density at radius 1 is 1.25 bits per heavy atom. The maximum atomic E-state index is 12.9. The lowest BCUT2D eigenvalue weighted by Crippen LogP contribution is -2.37. The molecule has 0 aromatic heterocycles.